The summed E-state index contributed by atoms with van der Waals surface area (Å²) in [7, 11) is 4.99. The van der Waals surface area contributed by atoms with Crippen molar-refractivity contribution in [2.45, 2.75) is 30.8 Å². The van der Waals surface area contributed by atoms with Crippen molar-refractivity contribution < 1.29 is 49.0 Å². The van der Waals surface area contributed by atoms with Gasteiger partial charge in [-0.15, -0.1) is 0 Å². The zero-order valence-corrected chi connectivity index (χ0v) is 15.7. The number of carbonyl (C=O) groups excluding carboxylic acids is 1. The second-order valence-electron chi connectivity index (χ2n) is 5.25. The summed E-state index contributed by atoms with van der Waals surface area (Å²) in [6, 6.07) is 9.04. The first-order valence-corrected chi connectivity index (χ1v) is 8.08. The standard InChI is InChI=1S/C17H26O10/c1-20-24-14(11-18)16(26-22-3)17(27-23-4)15(25-21-2)13(19)10-12-8-6-5-7-9-12/h5-9,14-18H,10-11H2,1-4H3/t14-,15+,16-,17+/m0/s1. The van der Waals surface area contributed by atoms with E-state index in [1.54, 1.807) is 12.1 Å². The van der Waals surface area contributed by atoms with Crippen molar-refractivity contribution >= 4 is 5.78 Å². The highest BCUT2D eigenvalue weighted by Crippen LogP contribution is 2.20. The third-order valence-electron chi connectivity index (χ3n) is 3.54. The van der Waals surface area contributed by atoms with E-state index in [1.807, 2.05) is 18.2 Å². The quantitative estimate of drug-likeness (QED) is 0.337. The van der Waals surface area contributed by atoms with E-state index in [4.69, 9.17) is 34.2 Å². The van der Waals surface area contributed by atoms with E-state index in [1.165, 1.54) is 28.4 Å². The van der Waals surface area contributed by atoms with Crippen molar-refractivity contribution in [3.8, 4) is 0 Å². The van der Waals surface area contributed by atoms with Crippen LogP contribution >= 0.6 is 0 Å². The molecule has 1 N–H and O–H groups in total. The maximum absolute atomic E-state index is 12.8. The van der Waals surface area contributed by atoms with Crippen LogP contribution in [0.3, 0.4) is 0 Å². The topological polar surface area (TPSA) is 111 Å². The Balaban J connectivity index is 3.10. The molecule has 0 aromatic heterocycles. The minimum Gasteiger partial charge on any atom is -0.393 e. The molecule has 0 spiro atoms. The molecule has 0 saturated carbocycles. The molecule has 0 saturated heterocycles. The fourth-order valence-corrected chi connectivity index (χ4v) is 2.43. The van der Waals surface area contributed by atoms with Gasteiger partial charge in [-0.3, -0.25) is 4.79 Å². The van der Waals surface area contributed by atoms with Crippen molar-refractivity contribution in [2.75, 3.05) is 35.0 Å². The Morgan fingerprint density at radius 3 is 1.93 bits per heavy atom. The summed E-state index contributed by atoms with van der Waals surface area (Å²) in [5.74, 6) is -0.385. The molecule has 0 amide bonds. The van der Waals surface area contributed by atoms with Gasteiger partial charge in [0.1, 0.15) is 6.10 Å². The van der Waals surface area contributed by atoms with Gasteiger partial charge in [-0.05, 0) is 5.56 Å². The van der Waals surface area contributed by atoms with Gasteiger partial charge in [0.05, 0.1) is 35.0 Å². The smallest absolute Gasteiger partial charge is 0.183 e. The van der Waals surface area contributed by atoms with E-state index in [2.05, 4.69) is 4.89 Å². The van der Waals surface area contributed by atoms with E-state index in [9.17, 15) is 9.90 Å². The Bertz CT molecular complexity index is 512. The fraction of sp³-hybridized carbons (Fsp3) is 0.588. The molecule has 10 nitrogen and oxygen atoms in total. The van der Waals surface area contributed by atoms with Crippen molar-refractivity contribution in [1.29, 1.82) is 0 Å². The summed E-state index contributed by atoms with van der Waals surface area (Å²) in [5.41, 5.74) is 0.763. The molecule has 10 heteroatoms. The van der Waals surface area contributed by atoms with Crippen LogP contribution in [0.4, 0.5) is 0 Å². The lowest BCUT2D eigenvalue weighted by atomic mass is 9.96. The summed E-state index contributed by atoms with van der Waals surface area (Å²) >= 11 is 0. The van der Waals surface area contributed by atoms with Crippen LogP contribution in [0.2, 0.25) is 0 Å². The van der Waals surface area contributed by atoms with Crippen LogP contribution in [0.1, 0.15) is 5.56 Å². The van der Waals surface area contributed by atoms with Crippen LogP contribution in [-0.2, 0) is 50.3 Å². The van der Waals surface area contributed by atoms with Gasteiger partial charge in [0, 0.05) is 6.42 Å². The maximum atomic E-state index is 12.8. The van der Waals surface area contributed by atoms with Crippen LogP contribution in [0.15, 0.2) is 30.3 Å². The van der Waals surface area contributed by atoms with Crippen molar-refractivity contribution in [2.24, 2.45) is 0 Å². The van der Waals surface area contributed by atoms with Gasteiger partial charge in [-0.2, -0.15) is 0 Å². The molecule has 1 aromatic rings. The molecule has 1 aromatic carbocycles. The third kappa shape index (κ3) is 7.58. The van der Waals surface area contributed by atoms with E-state index in [-0.39, 0.29) is 12.2 Å². The van der Waals surface area contributed by atoms with Gasteiger partial charge in [-0.25, -0.2) is 39.1 Å². The lowest BCUT2D eigenvalue weighted by molar-refractivity contribution is -0.435. The molecule has 0 fully saturated rings. The fourth-order valence-electron chi connectivity index (χ4n) is 2.43. The largest absolute Gasteiger partial charge is 0.393 e. The SMILES string of the molecule is COO[C@H]([C@H](OOC)[C@H](OOC)C(=O)Cc1ccccc1)[C@H](CO)OOC. The summed E-state index contributed by atoms with van der Waals surface area (Å²) in [6.07, 6.45) is -4.72. The molecular weight excluding hydrogens is 364 g/mol. The minimum absolute atomic E-state index is 0.0348. The van der Waals surface area contributed by atoms with Crippen molar-refractivity contribution in [1.82, 2.24) is 0 Å². The minimum atomic E-state index is -1.29. The van der Waals surface area contributed by atoms with Gasteiger partial charge < -0.3 is 5.11 Å². The highest BCUT2D eigenvalue weighted by Gasteiger charge is 2.44. The molecule has 154 valence electrons. The van der Waals surface area contributed by atoms with Crippen molar-refractivity contribution in [3.05, 3.63) is 35.9 Å². The van der Waals surface area contributed by atoms with Crippen LogP contribution in [0.25, 0.3) is 0 Å². The molecule has 0 heterocycles. The van der Waals surface area contributed by atoms with Gasteiger partial charge in [0.2, 0.25) is 0 Å². The molecule has 0 aliphatic carbocycles. The first kappa shape index (κ1) is 23.6. The van der Waals surface area contributed by atoms with Crippen LogP contribution in [-0.4, -0.2) is 70.4 Å². The average molecular weight is 390 g/mol. The predicted molar refractivity (Wildman–Crippen MR) is 89.8 cm³/mol. The van der Waals surface area contributed by atoms with Crippen LogP contribution < -0.4 is 0 Å². The number of ketones is 1. The lowest BCUT2D eigenvalue weighted by Gasteiger charge is -2.32. The van der Waals surface area contributed by atoms with E-state index >= 15 is 0 Å². The van der Waals surface area contributed by atoms with Crippen LogP contribution in [0.5, 0.6) is 0 Å². The Kier molecular flexibility index (Phi) is 11.9. The number of Topliss-reactive ketones (excluding diaryl/α,β-unsaturated/α-hetero) is 1. The van der Waals surface area contributed by atoms with Gasteiger partial charge in [0.15, 0.2) is 24.1 Å². The highest BCUT2D eigenvalue weighted by atomic mass is 17.2. The molecule has 0 aliphatic rings. The predicted octanol–water partition coefficient (Wildman–Crippen LogP) is 0.577. The first-order chi connectivity index (χ1) is 13.1. The highest BCUT2D eigenvalue weighted by molar-refractivity contribution is 5.85. The summed E-state index contributed by atoms with van der Waals surface area (Å²) in [6.45, 7) is -0.530. The van der Waals surface area contributed by atoms with E-state index in [0.717, 1.165) is 5.56 Å². The number of aliphatic hydroxyl groups excluding tert-OH is 1. The normalized spacial score (nSPS) is 15.9. The van der Waals surface area contributed by atoms with E-state index in [0.29, 0.717) is 0 Å². The zero-order chi connectivity index (χ0) is 20.1. The Labute approximate surface area is 157 Å². The second kappa shape index (κ2) is 13.7. The number of rotatable bonds is 15. The van der Waals surface area contributed by atoms with E-state index < -0.39 is 31.0 Å². The first-order valence-electron chi connectivity index (χ1n) is 8.08. The molecule has 27 heavy (non-hydrogen) atoms. The maximum Gasteiger partial charge on any atom is 0.183 e. The number of hydrogen-bond donors (Lipinski definition) is 1. The molecule has 0 radical (unpaired) electrons. The molecule has 4 atom stereocenters. The molecule has 1 rings (SSSR count). The number of carbonyl (C=O) groups is 1. The number of aliphatic hydroxyl groups is 1. The van der Waals surface area contributed by atoms with Gasteiger partial charge in [-0.1, -0.05) is 30.3 Å². The van der Waals surface area contributed by atoms with Gasteiger partial charge >= 0.3 is 0 Å². The summed E-state index contributed by atoms with van der Waals surface area (Å²) in [4.78, 5) is 52.0. The molecule has 0 bridgehead atoms. The number of benzene rings is 1. The Morgan fingerprint density at radius 1 is 0.852 bits per heavy atom. The Hall–Kier alpha value is -1.47. The molecule has 0 aliphatic heterocycles. The summed E-state index contributed by atoms with van der Waals surface area (Å²) in [5, 5.41) is 9.56. The second-order valence-corrected chi connectivity index (χ2v) is 5.25. The zero-order valence-electron chi connectivity index (χ0n) is 15.7. The lowest BCUT2D eigenvalue weighted by Crippen LogP contribution is -2.53. The number of hydrogen-bond acceptors (Lipinski definition) is 10. The molecular formula is C17H26O10. The van der Waals surface area contributed by atoms with Crippen molar-refractivity contribution in [3.63, 3.8) is 0 Å². The average Bonchev–Trinajstić information content (AvgIpc) is 2.68. The third-order valence-corrected chi connectivity index (χ3v) is 3.54. The summed E-state index contributed by atoms with van der Waals surface area (Å²) < 4.78 is 0. The van der Waals surface area contributed by atoms with Crippen LogP contribution in [0, 0.1) is 0 Å². The Morgan fingerprint density at radius 2 is 1.41 bits per heavy atom. The molecule has 0 unspecified atom stereocenters. The monoisotopic (exact) mass is 390 g/mol. The van der Waals surface area contributed by atoms with Gasteiger partial charge in [0.25, 0.3) is 0 Å².